The second-order valence-electron chi connectivity index (χ2n) is 7.43. The van der Waals surface area contributed by atoms with Gasteiger partial charge in [-0.1, -0.05) is 31.2 Å². The van der Waals surface area contributed by atoms with Crippen LogP contribution >= 0.6 is 0 Å². The Labute approximate surface area is 167 Å². The van der Waals surface area contributed by atoms with E-state index in [-0.39, 0.29) is 5.82 Å². The summed E-state index contributed by atoms with van der Waals surface area (Å²) in [5.41, 5.74) is 3.53. The SMILES string of the molecule is C[C@@H](c1c[nH]c2ccccc12)[C@@H](NC(=O)N1CCc2cc(F)ccc2C1)C(=O)O. The van der Waals surface area contributed by atoms with E-state index in [1.54, 1.807) is 24.1 Å². The molecule has 1 aromatic heterocycles. The first-order chi connectivity index (χ1) is 13.9. The van der Waals surface area contributed by atoms with E-state index in [4.69, 9.17) is 0 Å². The van der Waals surface area contributed by atoms with E-state index in [0.717, 1.165) is 27.6 Å². The quantitative estimate of drug-likeness (QED) is 0.631. The van der Waals surface area contributed by atoms with Crippen LogP contribution in [0.25, 0.3) is 10.9 Å². The molecular weight excluding hydrogens is 373 g/mol. The van der Waals surface area contributed by atoms with Gasteiger partial charge in [0.2, 0.25) is 0 Å². The number of carbonyl (C=O) groups is 2. The summed E-state index contributed by atoms with van der Waals surface area (Å²) in [6, 6.07) is 10.7. The number of urea groups is 1. The maximum absolute atomic E-state index is 13.4. The third-order valence-corrected chi connectivity index (χ3v) is 5.62. The maximum atomic E-state index is 13.4. The molecule has 0 spiro atoms. The van der Waals surface area contributed by atoms with Gasteiger partial charge in [-0.15, -0.1) is 0 Å². The van der Waals surface area contributed by atoms with E-state index >= 15 is 0 Å². The van der Waals surface area contributed by atoms with Crippen LogP contribution in [0.15, 0.2) is 48.7 Å². The molecule has 0 fully saturated rings. The first kappa shape index (κ1) is 19.0. The second-order valence-corrected chi connectivity index (χ2v) is 7.43. The Bertz CT molecular complexity index is 1080. The molecule has 2 heterocycles. The molecule has 0 saturated heterocycles. The number of hydrogen-bond acceptors (Lipinski definition) is 2. The van der Waals surface area contributed by atoms with E-state index < -0.39 is 24.0 Å². The lowest BCUT2D eigenvalue weighted by atomic mass is 9.93. The van der Waals surface area contributed by atoms with Crippen LogP contribution < -0.4 is 5.32 Å². The molecule has 0 bridgehead atoms. The number of H-pyrrole nitrogens is 1. The topological polar surface area (TPSA) is 85.4 Å². The zero-order chi connectivity index (χ0) is 20.5. The molecule has 4 rings (SSSR count). The number of benzene rings is 2. The van der Waals surface area contributed by atoms with Crippen molar-refractivity contribution in [3.8, 4) is 0 Å². The highest BCUT2D eigenvalue weighted by Gasteiger charge is 2.31. The number of aliphatic carboxylic acids is 1. The van der Waals surface area contributed by atoms with E-state index in [1.165, 1.54) is 12.1 Å². The molecule has 3 N–H and O–H groups in total. The molecule has 0 aliphatic carbocycles. The summed E-state index contributed by atoms with van der Waals surface area (Å²) in [6.45, 7) is 2.54. The molecule has 1 aliphatic rings. The monoisotopic (exact) mass is 395 g/mol. The van der Waals surface area contributed by atoms with E-state index in [2.05, 4.69) is 10.3 Å². The molecule has 0 saturated carbocycles. The minimum Gasteiger partial charge on any atom is -0.480 e. The lowest BCUT2D eigenvalue weighted by Gasteiger charge is -2.31. The lowest BCUT2D eigenvalue weighted by Crippen LogP contribution is -2.51. The number of nitrogens with one attached hydrogen (secondary N) is 2. The van der Waals surface area contributed by atoms with Gasteiger partial charge in [-0.2, -0.15) is 0 Å². The van der Waals surface area contributed by atoms with Gasteiger partial charge < -0.3 is 20.3 Å². The fourth-order valence-electron chi connectivity index (χ4n) is 3.97. The summed E-state index contributed by atoms with van der Waals surface area (Å²) in [4.78, 5) is 29.5. The Morgan fingerprint density at radius 3 is 2.79 bits per heavy atom. The van der Waals surface area contributed by atoms with Crippen molar-refractivity contribution in [1.82, 2.24) is 15.2 Å². The van der Waals surface area contributed by atoms with Crippen molar-refractivity contribution in [3.05, 3.63) is 71.2 Å². The fraction of sp³-hybridized carbons (Fsp3) is 0.273. The minimum absolute atomic E-state index is 0.292. The van der Waals surface area contributed by atoms with Crippen LogP contribution in [-0.4, -0.2) is 39.6 Å². The number of carboxylic acid groups (broad SMARTS) is 1. The van der Waals surface area contributed by atoms with Gasteiger partial charge >= 0.3 is 12.0 Å². The van der Waals surface area contributed by atoms with Gasteiger partial charge in [-0.3, -0.25) is 0 Å². The Morgan fingerprint density at radius 2 is 2.00 bits per heavy atom. The molecule has 0 radical (unpaired) electrons. The molecule has 0 unspecified atom stereocenters. The third-order valence-electron chi connectivity index (χ3n) is 5.62. The van der Waals surface area contributed by atoms with Gasteiger partial charge in [-0.05, 0) is 41.3 Å². The largest absolute Gasteiger partial charge is 0.480 e. The van der Waals surface area contributed by atoms with Crippen molar-refractivity contribution in [1.29, 1.82) is 0 Å². The van der Waals surface area contributed by atoms with Gasteiger partial charge in [0.15, 0.2) is 0 Å². The predicted octanol–water partition coefficient (Wildman–Crippen LogP) is 3.63. The summed E-state index contributed by atoms with van der Waals surface area (Å²) < 4.78 is 13.4. The van der Waals surface area contributed by atoms with E-state index in [9.17, 15) is 19.1 Å². The molecular formula is C22H22FN3O3. The number of carbonyl (C=O) groups excluding carboxylic acids is 1. The smallest absolute Gasteiger partial charge is 0.326 e. The van der Waals surface area contributed by atoms with Crippen molar-refractivity contribution >= 4 is 22.9 Å². The molecule has 2 amide bonds. The number of rotatable bonds is 4. The van der Waals surface area contributed by atoms with Crippen molar-refractivity contribution < 1.29 is 19.1 Å². The highest BCUT2D eigenvalue weighted by atomic mass is 19.1. The molecule has 150 valence electrons. The zero-order valence-electron chi connectivity index (χ0n) is 16.0. The molecule has 2 aromatic carbocycles. The first-order valence-electron chi connectivity index (χ1n) is 9.55. The Kier molecular flexibility index (Phi) is 4.96. The van der Waals surface area contributed by atoms with Gasteiger partial charge in [0.1, 0.15) is 11.9 Å². The Hall–Kier alpha value is -3.35. The molecule has 2 atom stereocenters. The number of carboxylic acids is 1. The number of aromatic nitrogens is 1. The van der Waals surface area contributed by atoms with Crippen LogP contribution in [0.3, 0.4) is 0 Å². The van der Waals surface area contributed by atoms with Crippen LogP contribution in [0.1, 0.15) is 29.5 Å². The van der Waals surface area contributed by atoms with Crippen molar-refractivity contribution in [2.45, 2.75) is 31.8 Å². The maximum Gasteiger partial charge on any atom is 0.326 e. The zero-order valence-corrected chi connectivity index (χ0v) is 16.0. The van der Waals surface area contributed by atoms with E-state index in [1.807, 2.05) is 24.3 Å². The highest BCUT2D eigenvalue weighted by molar-refractivity contribution is 5.87. The second kappa shape index (κ2) is 7.58. The van der Waals surface area contributed by atoms with Gasteiger partial charge in [-0.25, -0.2) is 14.0 Å². The van der Waals surface area contributed by atoms with Gasteiger partial charge in [0.05, 0.1) is 0 Å². The van der Waals surface area contributed by atoms with Crippen molar-refractivity contribution in [3.63, 3.8) is 0 Å². The number of hydrogen-bond donors (Lipinski definition) is 3. The summed E-state index contributed by atoms with van der Waals surface area (Å²) in [5, 5.41) is 13.4. The number of aromatic amines is 1. The Balaban J connectivity index is 1.52. The van der Waals surface area contributed by atoms with Crippen molar-refractivity contribution in [2.75, 3.05) is 6.54 Å². The molecule has 7 heteroatoms. The highest BCUT2D eigenvalue weighted by Crippen LogP contribution is 2.28. The molecule has 29 heavy (non-hydrogen) atoms. The first-order valence-corrected chi connectivity index (χ1v) is 9.55. The van der Waals surface area contributed by atoms with Crippen LogP contribution in [0, 0.1) is 5.82 Å². The normalized spacial score (nSPS) is 15.6. The molecule has 1 aliphatic heterocycles. The van der Waals surface area contributed by atoms with Crippen LogP contribution in [-0.2, 0) is 17.8 Å². The average molecular weight is 395 g/mol. The minimum atomic E-state index is -1.09. The third kappa shape index (κ3) is 3.68. The van der Waals surface area contributed by atoms with E-state index in [0.29, 0.717) is 19.5 Å². The van der Waals surface area contributed by atoms with Crippen LogP contribution in [0.5, 0.6) is 0 Å². The number of halogens is 1. The summed E-state index contributed by atoms with van der Waals surface area (Å²) in [7, 11) is 0. The van der Waals surface area contributed by atoms with Crippen LogP contribution in [0.4, 0.5) is 9.18 Å². The van der Waals surface area contributed by atoms with Gasteiger partial charge in [0, 0.05) is 36.1 Å². The average Bonchev–Trinajstić information content (AvgIpc) is 3.15. The Morgan fingerprint density at radius 1 is 1.21 bits per heavy atom. The van der Waals surface area contributed by atoms with Gasteiger partial charge in [0.25, 0.3) is 0 Å². The number of fused-ring (bicyclic) bond motifs is 2. The molecule has 3 aromatic rings. The lowest BCUT2D eigenvalue weighted by molar-refractivity contribution is -0.139. The fourth-order valence-corrected chi connectivity index (χ4v) is 3.97. The number of nitrogens with zero attached hydrogens (tertiary/aromatic N) is 1. The standard InChI is InChI=1S/C22H22FN3O3/c1-13(18-11-24-19-5-3-2-4-17(18)19)20(21(27)28)25-22(29)26-9-8-14-10-16(23)7-6-15(14)12-26/h2-7,10-11,13,20,24H,8-9,12H2,1H3,(H,25,29)(H,27,28)/t13-,20+/m0/s1. The predicted molar refractivity (Wildman–Crippen MR) is 107 cm³/mol. The van der Waals surface area contributed by atoms with Crippen molar-refractivity contribution in [2.24, 2.45) is 0 Å². The number of amides is 2. The summed E-state index contributed by atoms with van der Waals surface area (Å²) >= 11 is 0. The molecule has 6 nitrogen and oxygen atoms in total. The summed E-state index contributed by atoms with van der Waals surface area (Å²) in [5.74, 6) is -1.81. The number of para-hydroxylation sites is 1. The summed E-state index contributed by atoms with van der Waals surface area (Å²) in [6.07, 6.45) is 2.33. The van der Waals surface area contributed by atoms with Crippen LogP contribution in [0.2, 0.25) is 0 Å².